The minimum atomic E-state index is -4.97. The Balaban J connectivity index is 1.43. The van der Waals surface area contributed by atoms with E-state index in [0.717, 1.165) is 36.6 Å². The van der Waals surface area contributed by atoms with Crippen LogP contribution >= 0.6 is 0 Å². The van der Waals surface area contributed by atoms with Crippen LogP contribution in [-0.2, 0) is 32.8 Å². The van der Waals surface area contributed by atoms with Gasteiger partial charge in [0.25, 0.3) is 11.5 Å². The molecule has 2 heterocycles. The van der Waals surface area contributed by atoms with Crippen molar-refractivity contribution in [3.63, 3.8) is 0 Å². The average Bonchev–Trinajstić information content (AvgIpc) is 3.33. The van der Waals surface area contributed by atoms with Gasteiger partial charge >= 0.3 is 6.18 Å². The van der Waals surface area contributed by atoms with Gasteiger partial charge in [0.2, 0.25) is 5.91 Å². The highest BCUT2D eigenvalue weighted by Gasteiger charge is 2.64. The number of nitrogens with one attached hydrogen (secondary N) is 1. The van der Waals surface area contributed by atoms with Crippen molar-refractivity contribution in [3.05, 3.63) is 70.5 Å². The molecule has 2 saturated heterocycles. The van der Waals surface area contributed by atoms with Crippen LogP contribution in [-0.4, -0.2) is 49.6 Å². The van der Waals surface area contributed by atoms with Gasteiger partial charge < -0.3 is 15.0 Å². The number of benzene rings is 2. The lowest BCUT2D eigenvalue weighted by molar-refractivity contribution is -0.271. The number of hydrogen-bond acceptors (Lipinski definition) is 3. The van der Waals surface area contributed by atoms with Crippen LogP contribution in [0.25, 0.3) is 0 Å². The summed E-state index contributed by atoms with van der Waals surface area (Å²) in [5.74, 6) is -1.76. The lowest BCUT2D eigenvalue weighted by Gasteiger charge is -2.50. The number of nitrogens with zero attached hydrogens (tertiary/aromatic N) is 1. The first kappa shape index (κ1) is 25.7. The van der Waals surface area contributed by atoms with Crippen LogP contribution in [0.15, 0.2) is 42.5 Å². The highest BCUT2D eigenvalue weighted by Crippen LogP contribution is 2.50. The molecule has 2 aromatic carbocycles. The van der Waals surface area contributed by atoms with Crippen molar-refractivity contribution in [3.8, 4) is 0 Å². The highest BCUT2D eigenvalue weighted by molar-refractivity contribution is 5.88. The predicted molar refractivity (Wildman–Crippen MR) is 128 cm³/mol. The number of rotatable bonds is 4. The van der Waals surface area contributed by atoms with E-state index in [0.29, 0.717) is 25.8 Å². The molecule has 2 fully saturated rings. The number of methoxy groups -OCH3 is 1. The molecule has 2 aromatic rings. The summed E-state index contributed by atoms with van der Waals surface area (Å²) < 4.78 is 62.7. The van der Waals surface area contributed by atoms with Crippen LogP contribution in [0.1, 0.15) is 53.9 Å². The maximum atomic E-state index is 14.7. The summed E-state index contributed by atoms with van der Waals surface area (Å²) in [6.07, 6.45) is -1.69. The Morgan fingerprint density at radius 1 is 1.05 bits per heavy atom. The van der Waals surface area contributed by atoms with Crippen molar-refractivity contribution in [2.24, 2.45) is 5.41 Å². The normalized spacial score (nSPS) is 22.9. The summed E-state index contributed by atoms with van der Waals surface area (Å²) in [4.78, 5) is 27.3. The van der Waals surface area contributed by atoms with Gasteiger partial charge in [-0.1, -0.05) is 30.3 Å². The second kappa shape index (κ2) is 9.42. The third kappa shape index (κ3) is 4.31. The van der Waals surface area contributed by atoms with E-state index >= 15 is 0 Å². The topological polar surface area (TPSA) is 58.6 Å². The van der Waals surface area contributed by atoms with Crippen LogP contribution in [0.3, 0.4) is 0 Å². The molecule has 2 aliphatic heterocycles. The molecule has 0 radical (unpaired) electrons. The average molecular weight is 519 g/mol. The van der Waals surface area contributed by atoms with E-state index in [2.05, 4.69) is 5.32 Å². The van der Waals surface area contributed by atoms with E-state index in [-0.39, 0.29) is 42.7 Å². The van der Waals surface area contributed by atoms with Gasteiger partial charge in [0.05, 0.1) is 0 Å². The summed E-state index contributed by atoms with van der Waals surface area (Å²) in [6.45, 7) is 0.490. The number of halogens is 4. The fourth-order valence-electron chi connectivity index (χ4n) is 6.53. The maximum Gasteiger partial charge on any atom is 0.430 e. The minimum absolute atomic E-state index is 0.0654. The molecule has 1 aliphatic carbocycles. The second-order valence-electron chi connectivity index (χ2n) is 10.5. The molecule has 5 rings (SSSR count). The number of aryl methyl sites for hydroxylation is 2. The smallest absolute Gasteiger partial charge is 0.356 e. The third-order valence-corrected chi connectivity index (χ3v) is 8.59. The zero-order valence-corrected chi connectivity index (χ0v) is 20.7. The van der Waals surface area contributed by atoms with Crippen molar-refractivity contribution in [1.82, 2.24) is 10.2 Å². The lowest BCUT2D eigenvalue weighted by Crippen LogP contribution is -2.60. The highest BCUT2D eigenvalue weighted by atomic mass is 19.4. The zero-order valence-electron chi connectivity index (χ0n) is 20.7. The van der Waals surface area contributed by atoms with Crippen molar-refractivity contribution in [1.29, 1.82) is 0 Å². The Hall–Kier alpha value is -2.94. The molecule has 0 aromatic heterocycles. The predicted octanol–water partition coefficient (Wildman–Crippen LogP) is 4.63. The van der Waals surface area contributed by atoms with Crippen molar-refractivity contribution < 1.29 is 31.9 Å². The summed E-state index contributed by atoms with van der Waals surface area (Å²) in [7, 11) is 0.931. The largest absolute Gasteiger partial charge is 0.430 e. The SMILES string of the molecule is CO[C@@](C(=O)N1CCC2(CC1)CC(=O)NC[C@H]2c1ccc(F)cc1)(c1ccc2c(c1)CCC2)C(F)(F)F. The lowest BCUT2D eigenvalue weighted by atomic mass is 9.62. The van der Waals surface area contributed by atoms with Gasteiger partial charge in [-0.2, -0.15) is 13.2 Å². The number of fused-ring (bicyclic) bond motifs is 1. The van der Waals surface area contributed by atoms with Gasteiger partial charge in [0, 0.05) is 44.6 Å². The van der Waals surface area contributed by atoms with Crippen molar-refractivity contribution in [2.45, 2.75) is 56.2 Å². The molecule has 0 bridgehead atoms. The van der Waals surface area contributed by atoms with E-state index in [9.17, 15) is 27.2 Å². The molecule has 2 amide bonds. The summed E-state index contributed by atoms with van der Waals surface area (Å²) >= 11 is 0. The summed E-state index contributed by atoms with van der Waals surface area (Å²) in [5.41, 5.74) is -1.14. The molecule has 1 spiro atoms. The number of alkyl halides is 3. The molecule has 37 heavy (non-hydrogen) atoms. The Kier molecular flexibility index (Phi) is 6.54. The second-order valence-corrected chi connectivity index (χ2v) is 10.5. The van der Waals surface area contributed by atoms with E-state index in [4.69, 9.17) is 4.74 Å². The number of amides is 2. The number of carbonyl (C=O) groups excluding carboxylic acids is 2. The van der Waals surface area contributed by atoms with E-state index in [1.165, 1.54) is 29.2 Å². The van der Waals surface area contributed by atoms with E-state index < -0.39 is 23.1 Å². The monoisotopic (exact) mass is 518 g/mol. The molecule has 3 aliphatic rings. The molecule has 0 saturated carbocycles. The number of carbonyl (C=O) groups is 2. The van der Waals surface area contributed by atoms with Gasteiger partial charge in [-0.3, -0.25) is 9.59 Å². The van der Waals surface area contributed by atoms with Gasteiger partial charge in [0.15, 0.2) is 0 Å². The maximum absolute atomic E-state index is 14.7. The third-order valence-electron chi connectivity index (χ3n) is 8.59. The first-order chi connectivity index (χ1) is 17.6. The van der Waals surface area contributed by atoms with E-state index in [1.54, 1.807) is 18.2 Å². The van der Waals surface area contributed by atoms with Crippen LogP contribution < -0.4 is 5.32 Å². The molecule has 2 atom stereocenters. The Morgan fingerprint density at radius 3 is 2.38 bits per heavy atom. The molecular formula is C28H30F4N2O3. The van der Waals surface area contributed by atoms with Gasteiger partial charge in [-0.15, -0.1) is 0 Å². The summed E-state index contributed by atoms with van der Waals surface area (Å²) in [5, 5.41) is 2.86. The Bertz CT molecular complexity index is 1190. The van der Waals surface area contributed by atoms with Gasteiger partial charge in [0.1, 0.15) is 5.82 Å². The summed E-state index contributed by atoms with van der Waals surface area (Å²) in [6, 6.07) is 10.6. The minimum Gasteiger partial charge on any atom is -0.356 e. The van der Waals surface area contributed by atoms with Gasteiger partial charge in [-0.05, 0) is 66.3 Å². The van der Waals surface area contributed by atoms with Crippen molar-refractivity contribution in [2.75, 3.05) is 26.7 Å². The van der Waals surface area contributed by atoms with Crippen LogP contribution in [0.4, 0.5) is 17.6 Å². The van der Waals surface area contributed by atoms with E-state index in [1.807, 2.05) is 0 Å². The fraction of sp³-hybridized carbons (Fsp3) is 0.500. The van der Waals surface area contributed by atoms with Crippen LogP contribution in [0.5, 0.6) is 0 Å². The zero-order chi connectivity index (χ0) is 26.4. The van der Waals surface area contributed by atoms with Crippen LogP contribution in [0.2, 0.25) is 0 Å². The quantitative estimate of drug-likeness (QED) is 0.601. The Morgan fingerprint density at radius 2 is 1.73 bits per heavy atom. The molecule has 0 unspecified atom stereocenters. The van der Waals surface area contributed by atoms with Gasteiger partial charge in [-0.25, -0.2) is 4.39 Å². The molecule has 1 N–H and O–H groups in total. The fourth-order valence-corrected chi connectivity index (χ4v) is 6.53. The number of likely N-dealkylation sites (tertiary alicyclic amines) is 1. The first-order valence-corrected chi connectivity index (χ1v) is 12.7. The number of hydrogen-bond donors (Lipinski definition) is 1. The molecular weight excluding hydrogens is 488 g/mol. The van der Waals surface area contributed by atoms with Crippen molar-refractivity contribution >= 4 is 11.8 Å². The standard InChI is InChI=1S/C28H30F4N2O3/c1-37-27(28(30,31)32,21-8-5-18-3-2-4-20(18)15-21)25(36)34-13-11-26(12-14-34)16-24(35)33-17-23(26)19-6-9-22(29)10-7-19/h5-10,15,23H,2-4,11-14,16-17H2,1H3,(H,33,35)/t23-,27+/m0/s1. The number of piperidine rings is 2. The molecule has 9 heteroatoms. The molecule has 198 valence electrons. The van der Waals surface area contributed by atoms with Crippen LogP contribution in [0, 0.1) is 11.2 Å². The molecule has 5 nitrogen and oxygen atoms in total. The Labute approximate surface area is 213 Å². The first-order valence-electron chi connectivity index (χ1n) is 12.7. The number of ether oxygens (including phenoxy) is 1.